The first-order valence-corrected chi connectivity index (χ1v) is 6.00. The summed E-state index contributed by atoms with van der Waals surface area (Å²) in [4.78, 5) is 11.8. The van der Waals surface area contributed by atoms with Crippen molar-refractivity contribution in [3.8, 4) is 0 Å². The smallest absolute Gasteiger partial charge is 0.237 e. The summed E-state index contributed by atoms with van der Waals surface area (Å²) in [6.07, 6.45) is 6.59. The van der Waals surface area contributed by atoms with E-state index in [2.05, 4.69) is 10.6 Å². The summed E-state index contributed by atoms with van der Waals surface area (Å²) in [7, 11) is 0. The average molecular weight is 211 g/mol. The fraction of sp³-hybridized carbons (Fsp3) is 0.909. The molecule has 0 aromatic carbocycles. The Bertz CT molecular complexity index is 232. The Labute approximate surface area is 91.0 Å². The number of hydrogen-bond donors (Lipinski definition) is 3. The Morgan fingerprint density at radius 3 is 2.73 bits per heavy atom. The predicted molar refractivity (Wildman–Crippen MR) is 59.4 cm³/mol. The van der Waals surface area contributed by atoms with E-state index in [0.717, 1.165) is 32.2 Å². The molecule has 4 heteroatoms. The van der Waals surface area contributed by atoms with Crippen molar-refractivity contribution in [3.63, 3.8) is 0 Å². The topological polar surface area (TPSA) is 67.1 Å². The van der Waals surface area contributed by atoms with Crippen molar-refractivity contribution in [1.82, 2.24) is 10.6 Å². The van der Waals surface area contributed by atoms with Crippen molar-refractivity contribution in [3.05, 3.63) is 0 Å². The summed E-state index contributed by atoms with van der Waals surface area (Å²) in [6.45, 7) is 1.61. The van der Waals surface area contributed by atoms with E-state index in [1.54, 1.807) is 0 Å². The van der Waals surface area contributed by atoms with Crippen molar-refractivity contribution < 1.29 is 4.79 Å². The van der Waals surface area contributed by atoms with E-state index in [0.29, 0.717) is 6.54 Å². The molecule has 1 saturated carbocycles. The minimum absolute atomic E-state index is 0.0161. The lowest BCUT2D eigenvalue weighted by Crippen LogP contribution is -2.57. The molecule has 0 radical (unpaired) electrons. The van der Waals surface area contributed by atoms with Crippen LogP contribution >= 0.6 is 0 Å². The average Bonchev–Trinajstić information content (AvgIpc) is 2.24. The Hall–Kier alpha value is -0.610. The molecule has 4 nitrogen and oxygen atoms in total. The summed E-state index contributed by atoms with van der Waals surface area (Å²) < 4.78 is 0. The number of hydrogen-bond acceptors (Lipinski definition) is 3. The summed E-state index contributed by atoms with van der Waals surface area (Å²) in [5.41, 5.74) is 5.94. The standard InChI is InChI=1S/C11H21N3O/c12-11(5-3-6-11)8-14-10(15)9-4-1-2-7-13-9/h9,13H,1-8,12H2,(H,14,15). The van der Waals surface area contributed by atoms with Gasteiger partial charge in [0.1, 0.15) is 0 Å². The molecule has 4 N–H and O–H groups in total. The molecule has 2 fully saturated rings. The largest absolute Gasteiger partial charge is 0.353 e. The van der Waals surface area contributed by atoms with E-state index in [4.69, 9.17) is 5.73 Å². The second-order valence-electron chi connectivity index (χ2n) is 4.94. The van der Waals surface area contributed by atoms with Crippen molar-refractivity contribution in [2.45, 2.75) is 50.1 Å². The van der Waals surface area contributed by atoms with Gasteiger partial charge >= 0.3 is 0 Å². The lowest BCUT2D eigenvalue weighted by molar-refractivity contribution is -0.124. The molecule has 1 unspecified atom stereocenters. The molecule has 86 valence electrons. The molecule has 0 aromatic heterocycles. The van der Waals surface area contributed by atoms with Gasteiger partial charge in [0.25, 0.3) is 0 Å². The molecule has 0 aromatic rings. The second kappa shape index (κ2) is 4.49. The second-order valence-corrected chi connectivity index (χ2v) is 4.94. The van der Waals surface area contributed by atoms with Crippen LogP contribution in [0.4, 0.5) is 0 Å². The van der Waals surface area contributed by atoms with Crippen LogP contribution in [0.1, 0.15) is 38.5 Å². The Balaban J connectivity index is 1.71. The third kappa shape index (κ3) is 2.69. The minimum atomic E-state index is -0.107. The highest BCUT2D eigenvalue weighted by Gasteiger charge is 2.33. The lowest BCUT2D eigenvalue weighted by atomic mass is 9.78. The van der Waals surface area contributed by atoms with E-state index in [1.165, 1.54) is 12.8 Å². The molecule has 2 aliphatic rings. The van der Waals surface area contributed by atoms with Gasteiger partial charge in [-0.2, -0.15) is 0 Å². The van der Waals surface area contributed by atoms with Gasteiger partial charge in [-0.25, -0.2) is 0 Å². The fourth-order valence-corrected chi connectivity index (χ4v) is 2.27. The number of carbonyl (C=O) groups excluding carboxylic acids is 1. The molecule has 1 amide bonds. The molecule has 1 heterocycles. The number of amides is 1. The molecule has 1 aliphatic heterocycles. The SMILES string of the molecule is NC1(CNC(=O)C2CCCCN2)CCC1. The zero-order valence-corrected chi connectivity index (χ0v) is 9.22. The Morgan fingerprint density at radius 2 is 2.20 bits per heavy atom. The normalized spacial score (nSPS) is 29.3. The number of piperidine rings is 1. The third-order valence-corrected chi connectivity index (χ3v) is 3.59. The number of nitrogens with one attached hydrogen (secondary N) is 2. The van der Waals surface area contributed by atoms with Crippen LogP contribution in [0, 0.1) is 0 Å². The van der Waals surface area contributed by atoms with Gasteiger partial charge in [0.15, 0.2) is 0 Å². The van der Waals surface area contributed by atoms with Crippen LogP contribution in [0.15, 0.2) is 0 Å². The fourth-order valence-electron chi connectivity index (χ4n) is 2.27. The van der Waals surface area contributed by atoms with Crippen molar-refractivity contribution in [2.75, 3.05) is 13.1 Å². The molecule has 2 rings (SSSR count). The van der Waals surface area contributed by atoms with E-state index in [-0.39, 0.29) is 17.5 Å². The third-order valence-electron chi connectivity index (χ3n) is 3.59. The molecular weight excluding hydrogens is 190 g/mol. The molecule has 1 atom stereocenters. The molecule has 1 saturated heterocycles. The molecule has 1 aliphatic carbocycles. The van der Waals surface area contributed by atoms with E-state index >= 15 is 0 Å². The van der Waals surface area contributed by atoms with E-state index < -0.39 is 0 Å². The summed E-state index contributed by atoms with van der Waals surface area (Å²) >= 11 is 0. The lowest BCUT2D eigenvalue weighted by Gasteiger charge is -2.38. The number of rotatable bonds is 3. The van der Waals surface area contributed by atoms with Crippen LogP contribution in [-0.4, -0.2) is 30.6 Å². The van der Waals surface area contributed by atoms with Gasteiger partial charge in [0.2, 0.25) is 5.91 Å². The van der Waals surface area contributed by atoms with Gasteiger partial charge < -0.3 is 16.4 Å². The van der Waals surface area contributed by atoms with Crippen molar-refractivity contribution in [2.24, 2.45) is 5.73 Å². The van der Waals surface area contributed by atoms with Gasteiger partial charge in [0, 0.05) is 12.1 Å². The van der Waals surface area contributed by atoms with Gasteiger partial charge in [-0.05, 0) is 38.6 Å². The highest BCUT2D eigenvalue weighted by Crippen LogP contribution is 2.28. The summed E-state index contributed by atoms with van der Waals surface area (Å²) in [5, 5.41) is 6.21. The molecule has 0 spiro atoms. The van der Waals surface area contributed by atoms with Gasteiger partial charge in [-0.3, -0.25) is 4.79 Å². The van der Waals surface area contributed by atoms with Crippen LogP contribution in [0.5, 0.6) is 0 Å². The Morgan fingerprint density at radius 1 is 1.40 bits per heavy atom. The van der Waals surface area contributed by atoms with Crippen LogP contribution in [0.25, 0.3) is 0 Å². The van der Waals surface area contributed by atoms with E-state index in [1.807, 2.05) is 0 Å². The minimum Gasteiger partial charge on any atom is -0.353 e. The Kier molecular flexibility index (Phi) is 3.26. The first-order valence-electron chi connectivity index (χ1n) is 6.00. The van der Waals surface area contributed by atoms with Crippen LogP contribution in [0.2, 0.25) is 0 Å². The quantitative estimate of drug-likeness (QED) is 0.621. The highest BCUT2D eigenvalue weighted by molar-refractivity contribution is 5.81. The van der Waals surface area contributed by atoms with Crippen molar-refractivity contribution in [1.29, 1.82) is 0 Å². The van der Waals surface area contributed by atoms with Gasteiger partial charge in [-0.15, -0.1) is 0 Å². The molecule has 15 heavy (non-hydrogen) atoms. The predicted octanol–water partition coefficient (Wildman–Crippen LogP) is 0.126. The van der Waals surface area contributed by atoms with Gasteiger partial charge in [0.05, 0.1) is 6.04 Å². The van der Waals surface area contributed by atoms with Crippen LogP contribution in [0.3, 0.4) is 0 Å². The van der Waals surface area contributed by atoms with E-state index in [9.17, 15) is 4.79 Å². The number of carbonyl (C=O) groups is 1. The zero-order valence-electron chi connectivity index (χ0n) is 9.22. The van der Waals surface area contributed by atoms with Crippen LogP contribution < -0.4 is 16.4 Å². The monoisotopic (exact) mass is 211 g/mol. The maximum absolute atomic E-state index is 11.8. The molecular formula is C11H21N3O. The molecule has 0 bridgehead atoms. The zero-order chi connectivity index (χ0) is 10.7. The highest BCUT2D eigenvalue weighted by atomic mass is 16.2. The number of nitrogens with two attached hydrogens (primary N) is 1. The first kappa shape index (κ1) is 10.9. The first-order chi connectivity index (χ1) is 7.20. The maximum Gasteiger partial charge on any atom is 0.237 e. The summed E-state index contributed by atoms with van der Waals surface area (Å²) in [6, 6.07) is 0.0161. The van der Waals surface area contributed by atoms with Crippen LogP contribution in [-0.2, 0) is 4.79 Å². The van der Waals surface area contributed by atoms with Crippen molar-refractivity contribution >= 4 is 5.91 Å². The van der Waals surface area contributed by atoms with Gasteiger partial charge in [-0.1, -0.05) is 6.42 Å². The maximum atomic E-state index is 11.8. The summed E-state index contributed by atoms with van der Waals surface area (Å²) in [5.74, 6) is 0.131.